The van der Waals surface area contributed by atoms with E-state index in [1.165, 1.54) is 0 Å². The van der Waals surface area contributed by atoms with E-state index in [-0.39, 0.29) is 0 Å². The second kappa shape index (κ2) is 4.08. The minimum Gasteiger partial charge on any atom is -0.308 e. The summed E-state index contributed by atoms with van der Waals surface area (Å²) in [6, 6.07) is 0. The van der Waals surface area contributed by atoms with E-state index in [0.29, 0.717) is 0 Å². The molecular formula is C6H16NO2Si. The zero-order valence-electron chi connectivity index (χ0n) is 7.18. The summed E-state index contributed by atoms with van der Waals surface area (Å²) in [7, 11) is -2.59. The molecule has 0 aliphatic carbocycles. The molecule has 0 bridgehead atoms. The van der Waals surface area contributed by atoms with Crippen molar-refractivity contribution in [1.29, 1.82) is 0 Å². The molecule has 0 spiro atoms. The highest BCUT2D eigenvalue weighted by Crippen LogP contribution is 2.02. The van der Waals surface area contributed by atoms with E-state index >= 15 is 0 Å². The van der Waals surface area contributed by atoms with Crippen molar-refractivity contribution in [2.24, 2.45) is 0 Å². The summed E-state index contributed by atoms with van der Waals surface area (Å²) >= 11 is 0. The molecule has 0 N–H and O–H groups in total. The highest BCUT2D eigenvalue weighted by atomic mass is 28.4. The van der Waals surface area contributed by atoms with Crippen molar-refractivity contribution in [3.8, 4) is 0 Å². The largest absolute Gasteiger partial charge is 0.386 e. The molecule has 0 aromatic rings. The molecule has 0 atom stereocenters. The van der Waals surface area contributed by atoms with Gasteiger partial charge >= 0.3 is 8.56 Å². The number of hydroxylamine groups is 2. The van der Waals surface area contributed by atoms with Gasteiger partial charge in [0, 0.05) is 13.1 Å². The van der Waals surface area contributed by atoms with Crippen LogP contribution in [0.25, 0.3) is 0 Å². The Morgan fingerprint density at radius 1 is 1.30 bits per heavy atom. The summed E-state index contributed by atoms with van der Waals surface area (Å²) in [5, 5.41) is 1.71. The lowest BCUT2D eigenvalue weighted by molar-refractivity contribution is -0.0813. The number of hydrogen-bond donors (Lipinski definition) is 0. The maximum Gasteiger partial charge on any atom is 0.386 e. The first-order valence-corrected chi connectivity index (χ1v) is 6.45. The molecule has 0 heterocycles. The van der Waals surface area contributed by atoms with Crippen LogP contribution >= 0.6 is 0 Å². The van der Waals surface area contributed by atoms with Crippen molar-refractivity contribution in [3.63, 3.8) is 0 Å². The van der Waals surface area contributed by atoms with E-state index in [9.17, 15) is 4.80 Å². The molecule has 0 fully saturated rings. The Hall–Kier alpha value is 0.0969. The molecule has 0 aromatic heterocycles. The van der Waals surface area contributed by atoms with E-state index in [0.717, 1.165) is 13.1 Å². The van der Waals surface area contributed by atoms with Gasteiger partial charge in [0.2, 0.25) is 0 Å². The van der Waals surface area contributed by atoms with E-state index < -0.39 is 8.56 Å². The Labute approximate surface area is 63.8 Å². The average Bonchev–Trinajstić information content (AvgIpc) is 1.81. The lowest BCUT2D eigenvalue weighted by atomic mass is 10.6. The molecule has 0 aliphatic rings. The molecular weight excluding hydrogens is 146 g/mol. The van der Waals surface area contributed by atoms with Gasteiger partial charge < -0.3 is 4.53 Å². The molecule has 0 saturated carbocycles. The van der Waals surface area contributed by atoms with Crippen molar-refractivity contribution in [2.75, 3.05) is 13.1 Å². The molecule has 0 unspecified atom stereocenters. The van der Waals surface area contributed by atoms with Crippen molar-refractivity contribution in [2.45, 2.75) is 26.9 Å². The lowest BCUT2D eigenvalue weighted by Gasteiger charge is -2.23. The highest BCUT2D eigenvalue weighted by molar-refractivity contribution is 6.62. The Morgan fingerprint density at radius 2 is 1.70 bits per heavy atom. The van der Waals surface area contributed by atoms with Crippen LogP contribution < -0.4 is 0 Å². The van der Waals surface area contributed by atoms with Crippen molar-refractivity contribution >= 4 is 8.56 Å². The van der Waals surface area contributed by atoms with Gasteiger partial charge in [0.25, 0.3) is 0 Å². The van der Waals surface area contributed by atoms with Gasteiger partial charge in [0.15, 0.2) is 0 Å². The molecule has 0 saturated heterocycles. The molecule has 0 amide bonds. The Morgan fingerprint density at radius 3 is 1.80 bits per heavy atom. The molecule has 10 heavy (non-hydrogen) atoms. The van der Waals surface area contributed by atoms with Gasteiger partial charge in [0.1, 0.15) is 0 Å². The summed E-state index contributed by atoms with van der Waals surface area (Å²) in [5.41, 5.74) is 0. The minimum absolute atomic E-state index is 0.787. The third-order valence-electron chi connectivity index (χ3n) is 1.05. The maximum absolute atomic E-state index is 11.1. The molecule has 0 aliphatic heterocycles. The van der Waals surface area contributed by atoms with Gasteiger partial charge in [-0.3, -0.25) is 4.80 Å². The van der Waals surface area contributed by atoms with Gasteiger partial charge in [-0.1, -0.05) is 13.8 Å². The minimum atomic E-state index is -2.59. The predicted molar refractivity (Wildman–Crippen MR) is 42.2 cm³/mol. The molecule has 0 rings (SSSR count). The topological polar surface area (TPSA) is 32.4 Å². The summed E-state index contributed by atoms with van der Waals surface area (Å²) in [4.78, 5) is 11.1. The van der Waals surface area contributed by atoms with Gasteiger partial charge in [0.05, 0.1) is 0 Å². The fraction of sp³-hybridized carbons (Fsp3) is 1.00. The van der Waals surface area contributed by atoms with E-state index in [2.05, 4.69) is 0 Å². The van der Waals surface area contributed by atoms with Crippen LogP contribution in [0.2, 0.25) is 13.1 Å². The Bertz CT molecular complexity index is 88.2. The van der Waals surface area contributed by atoms with Crippen LogP contribution in [-0.2, 0) is 9.32 Å². The number of rotatable bonds is 4. The summed E-state index contributed by atoms with van der Waals surface area (Å²) in [5.74, 6) is 0. The van der Waals surface area contributed by atoms with Crippen molar-refractivity contribution < 1.29 is 9.32 Å². The van der Waals surface area contributed by atoms with Crippen LogP contribution in [0.5, 0.6) is 0 Å². The normalized spacial score (nSPS) is 12.6. The van der Waals surface area contributed by atoms with E-state index in [1.54, 1.807) is 18.2 Å². The van der Waals surface area contributed by atoms with Crippen LogP contribution in [0.4, 0.5) is 0 Å². The SMILES string of the molecule is CCN(CC)O[Si](C)(C)[O]. The second-order valence-corrected chi connectivity index (χ2v) is 5.59. The fourth-order valence-corrected chi connectivity index (χ4v) is 1.54. The summed E-state index contributed by atoms with van der Waals surface area (Å²) in [6.45, 7) is 8.81. The Balaban J connectivity index is 3.63. The first-order chi connectivity index (χ1) is 4.49. The molecule has 1 radical (unpaired) electrons. The maximum atomic E-state index is 11.1. The van der Waals surface area contributed by atoms with Gasteiger partial charge in [-0.25, -0.2) is 0 Å². The van der Waals surface area contributed by atoms with Crippen LogP contribution in [0.3, 0.4) is 0 Å². The second-order valence-electron chi connectivity index (χ2n) is 2.61. The van der Waals surface area contributed by atoms with E-state index in [1.807, 2.05) is 13.8 Å². The lowest BCUT2D eigenvalue weighted by Crippen LogP contribution is -2.38. The first kappa shape index (κ1) is 10.1. The van der Waals surface area contributed by atoms with Crippen LogP contribution in [0, 0.1) is 0 Å². The summed E-state index contributed by atoms with van der Waals surface area (Å²) in [6.07, 6.45) is 0. The fourth-order valence-electron chi connectivity index (χ4n) is 0.664. The molecule has 61 valence electrons. The van der Waals surface area contributed by atoms with Gasteiger partial charge in [-0.15, -0.1) is 0 Å². The average molecular weight is 162 g/mol. The molecule has 0 aromatic carbocycles. The summed E-state index contributed by atoms with van der Waals surface area (Å²) < 4.78 is 5.15. The Kier molecular flexibility index (Phi) is 4.11. The zero-order valence-corrected chi connectivity index (χ0v) is 8.18. The zero-order chi connectivity index (χ0) is 8.20. The van der Waals surface area contributed by atoms with Crippen LogP contribution in [0.1, 0.15) is 13.8 Å². The third-order valence-corrected chi connectivity index (χ3v) is 1.75. The predicted octanol–water partition coefficient (Wildman–Crippen LogP) is 1.39. The van der Waals surface area contributed by atoms with Crippen LogP contribution in [-0.4, -0.2) is 26.7 Å². The highest BCUT2D eigenvalue weighted by Gasteiger charge is 2.24. The molecule has 3 nitrogen and oxygen atoms in total. The van der Waals surface area contributed by atoms with Crippen LogP contribution in [0.15, 0.2) is 0 Å². The first-order valence-electron chi connectivity index (χ1n) is 3.64. The third kappa shape index (κ3) is 4.93. The smallest absolute Gasteiger partial charge is 0.308 e. The van der Waals surface area contributed by atoms with Gasteiger partial charge in [-0.05, 0) is 13.1 Å². The standard InChI is InChI=1S/C6H16NO2Si/c1-5-7(6-2)9-10(3,4)8/h5-6H2,1-4H3. The van der Waals surface area contributed by atoms with Gasteiger partial charge in [-0.2, -0.15) is 5.06 Å². The van der Waals surface area contributed by atoms with E-state index in [4.69, 9.17) is 4.53 Å². The quantitative estimate of drug-likeness (QED) is 0.462. The number of hydrogen-bond acceptors (Lipinski definition) is 2. The molecule has 4 heteroatoms. The van der Waals surface area contributed by atoms with Crippen molar-refractivity contribution in [1.82, 2.24) is 5.06 Å². The van der Waals surface area contributed by atoms with Crippen molar-refractivity contribution in [3.05, 3.63) is 0 Å². The monoisotopic (exact) mass is 162 g/mol. The number of nitrogens with zero attached hydrogens (tertiary/aromatic N) is 1.